The van der Waals surface area contributed by atoms with Crippen LogP contribution < -0.4 is 9.74 Å². The Kier molecular flexibility index (Phi) is 4.51. The number of benzene rings is 1. The second-order valence-electron chi connectivity index (χ2n) is 6.47. The third kappa shape index (κ3) is 3.37. The van der Waals surface area contributed by atoms with Gasteiger partial charge in [-0.25, -0.2) is 0 Å². The summed E-state index contributed by atoms with van der Waals surface area (Å²) in [6, 6.07) is 5.78. The highest BCUT2D eigenvalue weighted by Crippen LogP contribution is 2.34. The van der Waals surface area contributed by atoms with Gasteiger partial charge in [-0.15, -0.1) is 15.3 Å². The summed E-state index contributed by atoms with van der Waals surface area (Å²) in [5.74, 6) is 0.677. The standard InChI is InChI=1S/C17H21N7O2/c1-2-3-8-26-24-15-7-6-14(9-13(15)10-18-24)23(17(25)12-4-5-12)11-16-19-21-22-20-16/h6-7,9-10,12H,2-5,8,11H2,1H3,(H,19,20,21,22). The van der Waals surface area contributed by atoms with Crippen molar-refractivity contribution in [1.82, 2.24) is 30.6 Å². The van der Waals surface area contributed by atoms with Crippen LogP contribution in [0.1, 0.15) is 38.4 Å². The number of nitrogens with zero attached hydrogens (tertiary/aromatic N) is 6. The highest BCUT2D eigenvalue weighted by molar-refractivity contribution is 5.98. The molecule has 1 amide bonds. The molecule has 1 N–H and O–H groups in total. The molecule has 0 bridgehead atoms. The third-order valence-corrected chi connectivity index (χ3v) is 4.42. The van der Waals surface area contributed by atoms with Gasteiger partial charge in [0, 0.05) is 17.0 Å². The second-order valence-corrected chi connectivity index (χ2v) is 6.47. The lowest BCUT2D eigenvalue weighted by molar-refractivity contribution is -0.119. The van der Waals surface area contributed by atoms with Gasteiger partial charge < -0.3 is 9.74 Å². The molecule has 26 heavy (non-hydrogen) atoms. The number of fused-ring (bicyclic) bond motifs is 1. The molecule has 0 aliphatic heterocycles. The molecule has 0 saturated heterocycles. The van der Waals surface area contributed by atoms with Crippen molar-refractivity contribution in [2.45, 2.75) is 39.2 Å². The summed E-state index contributed by atoms with van der Waals surface area (Å²) in [5.41, 5.74) is 1.68. The van der Waals surface area contributed by atoms with Crippen molar-refractivity contribution < 1.29 is 9.63 Å². The average molecular weight is 355 g/mol. The van der Waals surface area contributed by atoms with Crippen LogP contribution in [-0.4, -0.2) is 43.1 Å². The van der Waals surface area contributed by atoms with Gasteiger partial charge in [0.15, 0.2) is 5.82 Å². The zero-order chi connectivity index (χ0) is 17.9. The second kappa shape index (κ2) is 7.11. The summed E-state index contributed by atoms with van der Waals surface area (Å²) in [7, 11) is 0. The SMILES string of the molecule is CCCCOn1ncc2cc(N(Cc3nn[nH]n3)C(=O)C3CC3)ccc21. The molecule has 9 heteroatoms. The van der Waals surface area contributed by atoms with Gasteiger partial charge in [-0.3, -0.25) is 4.79 Å². The number of unbranched alkanes of at least 4 members (excludes halogenated alkanes) is 1. The van der Waals surface area contributed by atoms with Gasteiger partial charge in [0.2, 0.25) is 5.91 Å². The number of nitrogens with one attached hydrogen (secondary N) is 1. The maximum Gasteiger partial charge on any atom is 0.230 e. The highest BCUT2D eigenvalue weighted by Gasteiger charge is 2.34. The molecule has 4 rings (SSSR count). The van der Waals surface area contributed by atoms with E-state index in [1.54, 1.807) is 15.9 Å². The Bertz CT molecular complexity index is 886. The van der Waals surface area contributed by atoms with Crippen LogP contribution in [-0.2, 0) is 11.3 Å². The fourth-order valence-corrected chi connectivity index (χ4v) is 2.80. The van der Waals surface area contributed by atoms with Crippen LogP contribution in [0.25, 0.3) is 10.9 Å². The molecule has 0 atom stereocenters. The Hall–Kier alpha value is -2.97. The van der Waals surface area contributed by atoms with E-state index in [1.807, 2.05) is 18.2 Å². The molecule has 0 unspecified atom stereocenters. The predicted octanol–water partition coefficient (Wildman–Crippen LogP) is 1.72. The van der Waals surface area contributed by atoms with E-state index in [1.165, 1.54) is 0 Å². The van der Waals surface area contributed by atoms with E-state index >= 15 is 0 Å². The molecule has 136 valence electrons. The Balaban J connectivity index is 1.60. The summed E-state index contributed by atoms with van der Waals surface area (Å²) in [6.45, 7) is 3.03. The van der Waals surface area contributed by atoms with E-state index in [2.05, 4.69) is 32.6 Å². The number of H-pyrrole nitrogens is 1. The van der Waals surface area contributed by atoms with E-state index in [0.29, 0.717) is 19.0 Å². The molecule has 1 aliphatic carbocycles. The average Bonchev–Trinajstić information content (AvgIpc) is 3.24. The van der Waals surface area contributed by atoms with Crippen LogP contribution in [0.15, 0.2) is 24.4 Å². The summed E-state index contributed by atoms with van der Waals surface area (Å²) in [4.78, 5) is 21.7. The van der Waals surface area contributed by atoms with Crippen molar-refractivity contribution in [3.8, 4) is 0 Å². The molecule has 9 nitrogen and oxygen atoms in total. The van der Waals surface area contributed by atoms with Gasteiger partial charge in [0.05, 0.1) is 12.7 Å². The monoisotopic (exact) mass is 355 g/mol. The lowest BCUT2D eigenvalue weighted by Crippen LogP contribution is -2.32. The number of rotatable bonds is 8. The first-order valence-electron chi connectivity index (χ1n) is 8.91. The molecule has 1 saturated carbocycles. The minimum atomic E-state index is 0.0951. The molecular formula is C17H21N7O2. The summed E-state index contributed by atoms with van der Waals surface area (Å²) in [6.07, 6.45) is 5.67. The molecule has 1 fully saturated rings. The van der Waals surface area contributed by atoms with Crippen LogP contribution in [0.5, 0.6) is 0 Å². The fourth-order valence-electron chi connectivity index (χ4n) is 2.80. The molecule has 2 heterocycles. The number of carbonyl (C=O) groups excluding carboxylic acids is 1. The first-order valence-corrected chi connectivity index (χ1v) is 8.91. The van der Waals surface area contributed by atoms with E-state index in [0.717, 1.165) is 42.3 Å². The van der Waals surface area contributed by atoms with Gasteiger partial charge in [0.25, 0.3) is 0 Å². The molecular weight excluding hydrogens is 334 g/mol. The largest absolute Gasteiger partial charge is 0.396 e. The zero-order valence-corrected chi connectivity index (χ0v) is 14.6. The summed E-state index contributed by atoms with van der Waals surface area (Å²) < 4.78 is 0. The van der Waals surface area contributed by atoms with E-state index in [-0.39, 0.29) is 11.8 Å². The summed E-state index contributed by atoms with van der Waals surface area (Å²) >= 11 is 0. The van der Waals surface area contributed by atoms with Crippen molar-refractivity contribution in [3.05, 3.63) is 30.2 Å². The topological polar surface area (TPSA) is 102 Å². The van der Waals surface area contributed by atoms with Crippen LogP contribution in [0, 0.1) is 5.92 Å². The van der Waals surface area contributed by atoms with Crippen LogP contribution in [0.4, 0.5) is 5.69 Å². The van der Waals surface area contributed by atoms with Crippen LogP contribution >= 0.6 is 0 Å². The predicted molar refractivity (Wildman–Crippen MR) is 94.2 cm³/mol. The smallest absolute Gasteiger partial charge is 0.230 e. The van der Waals surface area contributed by atoms with E-state index in [9.17, 15) is 4.79 Å². The number of aromatic nitrogens is 6. The molecule has 0 radical (unpaired) electrons. The van der Waals surface area contributed by atoms with Crippen molar-refractivity contribution >= 4 is 22.5 Å². The molecule has 3 aromatic rings. The Morgan fingerprint density at radius 3 is 3.04 bits per heavy atom. The lowest BCUT2D eigenvalue weighted by atomic mass is 10.2. The molecule has 0 spiro atoms. The highest BCUT2D eigenvalue weighted by atomic mass is 16.7. The quantitative estimate of drug-likeness (QED) is 0.617. The van der Waals surface area contributed by atoms with Crippen molar-refractivity contribution in [2.24, 2.45) is 5.92 Å². The van der Waals surface area contributed by atoms with Gasteiger partial charge in [0.1, 0.15) is 12.1 Å². The minimum absolute atomic E-state index is 0.0951. The minimum Gasteiger partial charge on any atom is -0.396 e. The number of amides is 1. The fraction of sp³-hybridized carbons (Fsp3) is 0.471. The maximum atomic E-state index is 12.7. The van der Waals surface area contributed by atoms with E-state index < -0.39 is 0 Å². The van der Waals surface area contributed by atoms with Gasteiger partial charge in [-0.05, 0) is 37.5 Å². The summed E-state index contributed by atoms with van der Waals surface area (Å²) in [5, 5.41) is 19.2. The third-order valence-electron chi connectivity index (χ3n) is 4.42. The normalized spacial score (nSPS) is 13.9. The van der Waals surface area contributed by atoms with E-state index in [4.69, 9.17) is 4.84 Å². The number of carbonyl (C=O) groups is 1. The number of aromatic amines is 1. The van der Waals surface area contributed by atoms with Crippen LogP contribution in [0.2, 0.25) is 0 Å². The first kappa shape index (κ1) is 16.5. The molecule has 1 aliphatic rings. The van der Waals surface area contributed by atoms with Crippen molar-refractivity contribution in [3.63, 3.8) is 0 Å². The van der Waals surface area contributed by atoms with Crippen LogP contribution in [0.3, 0.4) is 0 Å². The zero-order valence-electron chi connectivity index (χ0n) is 14.6. The maximum absolute atomic E-state index is 12.7. The van der Waals surface area contributed by atoms with Crippen molar-refractivity contribution in [1.29, 1.82) is 0 Å². The Morgan fingerprint density at radius 2 is 2.31 bits per heavy atom. The van der Waals surface area contributed by atoms with Gasteiger partial charge in [-0.1, -0.05) is 23.4 Å². The number of tetrazole rings is 1. The number of hydrogen-bond donors (Lipinski definition) is 1. The molecule has 1 aromatic carbocycles. The Labute approximate surface area is 150 Å². The lowest BCUT2D eigenvalue weighted by Gasteiger charge is -2.21. The van der Waals surface area contributed by atoms with Crippen molar-refractivity contribution in [2.75, 3.05) is 11.5 Å². The Morgan fingerprint density at radius 1 is 1.42 bits per heavy atom. The number of hydrogen-bond acceptors (Lipinski definition) is 6. The number of anilines is 1. The van der Waals surface area contributed by atoms with Gasteiger partial charge in [-0.2, -0.15) is 5.21 Å². The first-order chi connectivity index (χ1) is 12.8. The molecule has 2 aromatic heterocycles. The van der Waals surface area contributed by atoms with Gasteiger partial charge >= 0.3 is 0 Å².